The summed E-state index contributed by atoms with van der Waals surface area (Å²) in [6, 6.07) is 0. The van der Waals surface area contributed by atoms with Crippen LogP contribution in [0, 0.1) is 10.1 Å². The van der Waals surface area contributed by atoms with Crippen molar-refractivity contribution >= 4 is 55.5 Å². The van der Waals surface area contributed by atoms with Crippen LogP contribution in [0.3, 0.4) is 0 Å². The predicted octanol–water partition coefficient (Wildman–Crippen LogP) is 1.58. The second-order valence-corrected chi connectivity index (χ2v) is 7.70. The minimum absolute atomic E-state index is 0.0429. The van der Waals surface area contributed by atoms with Crippen molar-refractivity contribution in [3.8, 4) is 0 Å². The first kappa shape index (κ1) is 19.5. The van der Waals surface area contributed by atoms with Crippen molar-refractivity contribution < 1.29 is 9.72 Å². The van der Waals surface area contributed by atoms with Gasteiger partial charge in [-0.05, 0) is 15.9 Å². The molecular formula is C15H18BrN7O3S. The number of nitro groups is 1. The molecule has 1 aliphatic rings. The molecule has 1 saturated heterocycles. The zero-order valence-corrected chi connectivity index (χ0v) is 16.9. The van der Waals surface area contributed by atoms with E-state index in [0.29, 0.717) is 41.5 Å². The molecule has 10 nitrogen and oxygen atoms in total. The van der Waals surface area contributed by atoms with Gasteiger partial charge in [-0.3, -0.25) is 24.7 Å². The van der Waals surface area contributed by atoms with Crippen molar-refractivity contribution in [3.05, 3.63) is 32.4 Å². The number of thiazole rings is 1. The van der Waals surface area contributed by atoms with Gasteiger partial charge in [-0.2, -0.15) is 0 Å². The van der Waals surface area contributed by atoms with Gasteiger partial charge in [-0.25, -0.2) is 9.97 Å². The Morgan fingerprint density at radius 1 is 1.41 bits per heavy atom. The number of hydrogen-bond acceptors (Lipinski definition) is 9. The Balaban J connectivity index is 1.65. The van der Waals surface area contributed by atoms with E-state index in [4.69, 9.17) is 5.73 Å². The van der Waals surface area contributed by atoms with Gasteiger partial charge in [0.2, 0.25) is 11.7 Å². The quantitative estimate of drug-likeness (QED) is 0.532. The second-order valence-electron chi connectivity index (χ2n) is 5.98. The van der Waals surface area contributed by atoms with Crippen molar-refractivity contribution in [1.29, 1.82) is 0 Å². The van der Waals surface area contributed by atoms with Crippen molar-refractivity contribution in [1.82, 2.24) is 14.9 Å². The maximum absolute atomic E-state index is 12.4. The fourth-order valence-electron chi connectivity index (χ4n) is 2.88. The summed E-state index contributed by atoms with van der Waals surface area (Å²) in [6.07, 6.45) is 3.13. The van der Waals surface area contributed by atoms with Gasteiger partial charge >= 0.3 is 5.69 Å². The molecule has 2 N–H and O–H groups in total. The summed E-state index contributed by atoms with van der Waals surface area (Å²) in [7, 11) is 1.71. The molecule has 0 unspecified atom stereocenters. The van der Waals surface area contributed by atoms with E-state index in [-0.39, 0.29) is 24.0 Å². The monoisotopic (exact) mass is 455 g/mol. The highest BCUT2D eigenvalue weighted by Gasteiger charge is 2.30. The SMILES string of the molecule is CN(C(=O)CN1CCN(c2c(Br)cnc(N)c2[N+](=O)[O-])CC1)c1nccs1. The van der Waals surface area contributed by atoms with Gasteiger partial charge in [0, 0.05) is 51.0 Å². The molecule has 144 valence electrons. The lowest BCUT2D eigenvalue weighted by Gasteiger charge is -2.36. The van der Waals surface area contributed by atoms with E-state index in [9.17, 15) is 14.9 Å². The maximum atomic E-state index is 12.4. The number of anilines is 3. The van der Waals surface area contributed by atoms with Crippen LogP contribution in [-0.2, 0) is 4.79 Å². The molecule has 0 spiro atoms. The third-order valence-electron chi connectivity index (χ3n) is 4.32. The van der Waals surface area contributed by atoms with Crippen LogP contribution in [0.25, 0.3) is 0 Å². The van der Waals surface area contributed by atoms with Gasteiger partial charge in [0.1, 0.15) is 5.69 Å². The molecule has 12 heteroatoms. The zero-order valence-electron chi connectivity index (χ0n) is 14.5. The van der Waals surface area contributed by atoms with E-state index in [1.165, 1.54) is 17.5 Å². The fraction of sp³-hybridized carbons (Fsp3) is 0.400. The van der Waals surface area contributed by atoms with Crippen LogP contribution in [0.5, 0.6) is 0 Å². The van der Waals surface area contributed by atoms with Crippen LogP contribution >= 0.6 is 27.3 Å². The fourth-order valence-corrected chi connectivity index (χ4v) is 4.04. The number of carbonyl (C=O) groups is 1. The zero-order chi connectivity index (χ0) is 19.6. The molecular weight excluding hydrogens is 438 g/mol. The number of hydrogen-bond donors (Lipinski definition) is 1. The minimum Gasteiger partial charge on any atom is -0.378 e. The lowest BCUT2D eigenvalue weighted by atomic mass is 10.2. The van der Waals surface area contributed by atoms with Gasteiger partial charge < -0.3 is 10.6 Å². The third-order valence-corrected chi connectivity index (χ3v) is 5.75. The number of nitrogens with two attached hydrogens (primary N) is 1. The summed E-state index contributed by atoms with van der Waals surface area (Å²) < 4.78 is 0.524. The number of carbonyl (C=O) groups excluding carboxylic acids is 1. The molecule has 1 aliphatic heterocycles. The summed E-state index contributed by atoms with van der Waals surface area (Å²) in [5.74, 6) is -0.153. The second kappa shape index (κ2) is 8.15. The van der Waals surface area contributed by atoms with Crippen LogP contribution in [-0.4, -0.2) is 65.5 Å². The van der Waals surface area contributed by atoms with E-state index in [1.54, 1.807) is 18.1 Å². The first-order valence-corrected chi connectivity index (χ1v) is 9.77. The highest BCUT2D eigenvalue weighted by molar-refractivity contribution is 9.10. The van der Waals surface area contributed by atoms with Gasteiger partial charge in [-0.15, -0.1) is 11.3 Å². The normalized spacial score (nSPS) is 15.0. The van der Waals surface area contributed by atoms with Gasteiger partial charge in [0.15, 0.2) is 5.13 Å². The summed E-state index contributed by atoms with van der Waals surface area (Å²) in [4.78, 5) is 36.8. The Kier molecular flexibility index (Phi) is 5.87. The third kappa shape index (κ3) is 4.17. The number of piperazine rings is 1. The van der Waals surface area contributed by atoms with Crippen LogP contribution in [0.2, 0.25) is 0 Å². The minimum atomic E-state index is -0.513. The number of halogens is 1. The largest absolute Gasteiger partial charge is 0.378 e. The molecule has 27 heavy (non-hydrogen) atoms. The number of nitrogens with zero attached hydrogens (tertiary/aromatic N) is 6. The van der Waals surface area contributed by atoms with Crippen LogP contribution in [0.4, 0.5) is 22.3 Å². The number of amides is 1. The molecule has 2 aromatic rings. The topological polar surface area (TPSA) is 122 Å². The van der Waals surface area contributed by atoms with E-state index in [0.717, 1.165) is 0 Å². The molecule has 1 amide bonds. The van der Waals surface area contributed by atoms with Crippen molar-refractivity contribution in [2.24, 2.45) is 0 Å². The number of rotatable bonds is 5. The average molecular weight is 456 g/mol. The maximum Gasteiger partial charge on any atom is 0.335 e. The molecule has 0 aromatic carbocycles. The van der Waals surface area contributed by atoms with Gasteiger partial charge in [0.05, 0.1) is 15.9 Å². The number of likely N-dealkylation sites (N-methyl/N-ethyl adjacent to an activating group) is 1. The molecule has 2 aromatic heterocycles. The smallest absolute Gasteiger partial charge is 0.335 e. The Morgan fingerprint density at radius 2 is 2.11 bits per heavy atom. The number of aromatic nitrogens is 2. The van der Waals surface area contributed by atoms with Crippen LogP contribution in [0.15, 0.2) is 22.2 Å². The van der Waals surface area contributed by atoms with Crippen LogP contribution < -0.4 is 15.5 Å². The van der Waals surface area contributed by atoms with Crippen molar-refractivity contribution in [3.63, 3.8) is 0 Å². The first-order chi connectivity index (χ1) is 12.9. The number of nitrogen functional groups attached to an aromatic ring is 1. The van der Waals surface area contributed by atoms with E-state index < -0.39 is 4.92 Å². The molecule has 3 heterocycles. The molecule has 0 aliphatic carbocycles. The Morgan fingerprint density at radius 3 is 2.70 bits per heavy atom. The summed E-state index contributed by atoms with van der Waals surface area (Å²) >= 11 is 4.74. The lowest BCUT2D eigenvalue weighted by molar-refractivity contribution is -0.383. The highest BCUT2D eigenvalue weighted by Crippen LogP contribution is 2.38. The Labute approximate surface area is 167 Å². The van der Waals surface area contributed by atoms with Crippen molar-refractivity contribution in [2.75, 3.05) is 55.3 Å². The summed E-state index contributed by atoms with van der Waals surface area (Å²) in [5, 5.41) is 13.9. The lowest BCUT2D eigenvalue weighted by Crippen LogP contribution is -2.50. The van der Waals surface area contributed by atoms with E-state index in [1.807, 2.05) is 15.2 Å². The molecule has 3 rings (SSSR count). The highest BCUT2D eigenvalue weighted by atomic mass is 79.9. The molecule has 0 saturated carbocycles. The number of pyridine rings is 1. The van der Waals surface area contributed by atoms with Crippen LogP contribution in [0.1, 0.15) is 0 Å². The Bertz CT molecular complexity index is 840. The molecule has 1 fully saturated rings. The van der Waals surface area contributed by atoms with Gasteiger partial charge in [0.25, 0.3) is 0 Å². The molecule has 0 bridgehead atoms. The predicted molar refractivity (Wildman–Crippen MR) is 107 cm³/mol. The van der Waals surface area contributed by atoms with Crippen molar-refractivity contribution in [2.45, 2.75) is 0 Å². The van der Waals surface area contributed by atoms with E-state index in [2.05, 4.69) is 25.9 Å². The van der Waals surface area contributed by atoms with Gasteiger partial charge in [-0.1, -0.05) is 0 Å². The summed E-state index contributed by atoms with van der Waals surface area (Å²) in [6.45, 7) is 2.55. The Hall–Kier alpha value is -2.31. The molecule has 0 atom stereocenters. The molecule has 0 radical (unpaired) electrons. The average Bonchev–Trinajstić information content (AvgIpc) is 3.18. The standard InChI is InChI=1S/C15H18BrN7O3S/c1-20(15-18-2-7-27-15)11(24)9-21-3-5-22(6-4-21)12-10(16)8-19-14(17)13(12)23(25)26/h2,7-8H,3-6,9H2,1H3,(H2,17,19). The summed E-state index contributed by atoms with van der Waals surface area (Å²) in [5.41, 5.74) is 5.94. The first-order valence-electron chi connectivity index (χ1n) is 8.10. The van der Waals surface area contributed by atoms with E-state index >= 15 is 0 Å².